The van der Waals surface area contributed by atoms with Crippen LogP contribution in [0, 0.1) is 18.7 Å². The molecule has 2 heterocycles. The molecule has 3 rings (SSSR count). The van der Waals surface area contributed by atoms with Crippen molar-refractivity contribution in [3.63, 3.8) is 0 Å². The lowest BCUT2D eigenvalue weighted by Crippen LogP contribution is -2.47. The third-order valence-electron chi connectivity index (χ3n) is 5.02. The van der Waals surface area contributed by atoms with E-state index in [1.165, 1.54) is 12.1 Å². The number of hydrogen-bond acceptors (Lipinski definition) is 4. The van der Waals surface area contributed by atoms with Gasteiger partial charge in [0.1, 0.15) is 5.82 Å². The first kappa shape index (κ1) is 18.5. The number of benzene rings is 1. The first-order valence-corrected chi connectivity index (χ1v) is 8.91. The molecule has 0 bridgehead atoms. The molecule has 0 spiro atoms. The van der Waals surface area contributed by atoms with E-state index in [1.807, 2.05) is 13.8 Å². The summed E-state index contributed by atoms with van der Waals surface area (Å²) in [5, 5.41) is 7.36. The van der Waals surface area contributed by atoms with Crippen LogP contribution in [0.15, 0.2) is 30.5 Å². The lowest BCUT2D eigenvalue weighted by atomic mass is 9.91. The minimum Gasteiger partial charge on any atom is -0.381 e. The summed E-state index contributed by atoms with van der Waals surface area (Å²) in [5.41, 5.74) is 8.71. The molecule has 1 aromatic heterocycles. The predicted octanol–water partition coefficient (Wildman–Crippen LogP) is 2.25. The number of rotatable bonds is 5. The maximum Gasteiger partial charge on any atom is 0.237 e. The molecule has 0 aliphatic carbocycles. The van der Waals surface area contributed by atoms with Crippen molar-refractivity contribution in [1.29, 1.82) is 0 Å². The van der Waals surface area contributed by atoms with Gasteiger partial charge in [0, 0.05) is 24.5 Å². The second-order valence-corrected chi connectivity index (χ2v) is 6.78. The maximum absolute atomic E-state index is 13.1. The molecule has 6 nitrogen and oxygen atoms in total. The Morgan fingerprint density at radius 2 is 2.00 bits per heavy atom. The lowest BCUT2D eigenvalue weighted by molar-refractivity contribution is -0.125. The highest BCUT2D eigenvalue weighted by molar-refractivity contribution is 5.82. The smallest absolute Gasteiger partial charge is 0.237 e. The van der Waals surface area contributed by atoms with Crippen LogP contribution in [0.25, 0.3) is 5.69 Å². The average Bonchev–Trinajstić information content (AvgIpc) is 3.04. The molecule has 1 amide bonds. The zero-order valence-electron chi connectivity index (χ0n) is 15.1. The van der Waals surface area contributed by atoms with E-state index in [1.54, 1.807) is 23.0 Å². The van der Waals surface area contributed by atoms with Crippen molar-refractivity contribution in [2.75, 3.05) is 13.2 Å². The van der Waals surface area contributed by atoms with Gasteiger partial charge < -0.3 is 15.8 Å². The van der Waals surface area contributed by atoms with Gasteiger partial charge >= 0.3 is 0 Å². The quantitative estimate of drug-likeness (QED) is 0.857. The topological polar surface area (TPSA) is 82.2 Å². The number of carbonyl (C=O) groups excluding carboxylic acids is 1. The van der Waals surface area contributed by atoms with E-state index in [4.69, 9.17) is 10.5 Å². The summed E-state index contributed by atoms with van der Waals surface area (Å²) < 4.78 is 20.2. The number of halogens is 1. The Bertz CT molecular complexity index is 753. The molecule has 1 fully saturated rings. The zero-order valence-corrected chi connectivity index (χ0v) is 15.1. The van der Waals surface area contributed by atoms with Gasteiger partial charge in [0.25, 0.3) is 0 Å². The minimum absolute atomic E-state index is 0.152. The molecule has 3 N–H and O–H groups in total. The van der Waals surface area contributed by atoms with Gasteiger partial charge in [-0.1, -0.05) is 0 Å². The monoisotopic (exact) mass is 360 g/mol. The highest BCUT2D eigenvalue weighted by Crippen LogP contribution is 2.22. The molecule has 2 atom stereocenters. The molecule has 7 heteroatoms. The molecular formula is C19H25FN4O2. The van der Waals surface area contributed by atoms with Gasteiger partial charge in [0.2, 0.25) is 5.91 Å². The van der Waals surface area contributed by atoms with Crippen molar-refractivity contribution in [2.45, 2.75) is 38.8 Å². The van der Waals surface area contributed by atoms with Crippen LogP contribution in [0.1, 0.15) is 37.1 Å². The molecule has 1 saturated heterocycles. The molecule has 26 heavy (non-hydrogen) atoms. The number of nitrogens with two attached hydrogens (primary N) is 1. The predicted molar refractivity (Wildman–Crippen MR) is 96.3 cm³/mol. The van der Waals surface area contributed by atoms with Crippen LogP contribution >= 0.6 is 0 Å². The number of amides is 1. The summed E-state index contributed by atoms with van der Waals surface area (Å²) in [7, 11) is 0. The Kier molecular flexibility index (Phi) is 5.68. The van der Waals surface area contributed by atoms with Crippen LogP contribution in [-0.4, -0.2) is 34.9 Å². The zero-order chi connectivity index (χ0) is 18.7. The second kappa shape index (κ2) is 7.97. The maximum atomic E-state index is 13.1. The summed E-state index contributed by atoms with van der Waals surface area (Å²) in [6, 6.07) is 5.38. The number of hydrogen-bond donors (Lipinski definition) is 2. The minimum atomic E-state index is -0.534. The molecule has 2 aromatic rings. The van der Waals surface area contributed by atoms with Crippen LogP contribution in [0.4, 0.5) is 4.39 Å². The van der Waals surface area contributed by atoms with Gasteiger partial charge in [0.15, 0.2) is 0 Å². The summed E-state index contributed by atoms with van der Waals surface area (Å²) in [6.07, 6.45) is 3.35. The van der Waals surface area contributed by atoms with E-state index in [0.717, 1.165) is 29.8 Å². The first-order valence-electron chi connectivity index (χ1n) is 8.91. The Morgan fingerprint density at radius 1 is 1.35 bits per heavy atom. The van der Waals surface area contributed by atoms with Crippen LogP contribution in [0.2, 0.25) is 0 Å². The number of nitrogens with one attached hydrogen (secondary N) is 1. The summed E-state index contributed by atoms with van der Waals surface area (Å²) >= 11 is 0. The Labute approximate surface area is 152 Å². The molecular weight excluding hydrogens is 335 g/mol. The summed E-state index contributed by atoms with van der Waals surface area (Å²) in [4.78, 5) is 12.5. The van der Waals surface area contributed by atoms with Crippen molar-refractivity contribution in [3.8, 4) is 5.69 Å². The highest BCUT2D eigenvalue weighted by Gasteiger charge is 2.28. The highest BCUT2D eigenvalue weighted by atomic mass is 19.1. The van der Waals surface area contributed by atoms with Crippen molar-refractivity contribution in [1.82, 2.24) is 15.1 Å². The molecule has 1 aliphatic heterocycles. The third-order valence-corrected chi connectivity index (χ3v) is 5.02. The van der Waals surface area contributed by atoms with Crippen LogP contribution in [0.5, 0.6) is 0 Å². The molecule has 0 saturated carbocycles. The van der Waals surface area contributed by atoms with Crippen molar-refractivity contribution in [3.05, 3.63) is 47.5 Å². The van der Waals surface area contributed by atoms with E-state index < -0.39 is 6.04 Å². The molecule has 1 aromatic carbocycles. The molecule has 1 aliphatic rings. The van der Waals surface area contributed by atoms with Gasteiger partial charge in [-0.05, 0) is 56.9 Å². The molecule has 140 valence electrons. The van der Waals surface area contributed by atoms with E-state index in [-0.39, 0.29) is 23.7 Å². The molecule has 0 radical (unpaired) electrons. The van der Waals surface area contributed by atoms with Crippen molar-refractivity contribution in [2.24, 2.45) is 11.7 Å². The van der Waals surface area contributed by atoms with Gasteiger partial charge in [-0.15, -0.1) is 0 Å². The number of nitrogens with zero attached hydrogens (tertiary/aromatic N) is 2. The number of ether oxygens (including phenoxy) is 1. The van der Waals surface area contributed by atoms with E-state index in [2.05, 4.69) is 10.4 Å². The Balaban J connectivity index is 1.69. The summed E-state index contributed by atoms with van der Waals surface area (Å²) in [5.74, 6) is -0.293. The number of aromatic nitrogens is 2. The van der Waals surface area contributed by atoms with Gasteiger partial charge in [-0.3, -0.25) is 4.79 Å². The fraction of sp³-hybridized carbons (Fsp3) is 0.474. The largest absolute Gasteiger partial charge is 0.381 e. The third kappa shape index (κ3) is 3.94. The van der Waals surface area contributed by atoms with Crippen molar-refractivity contribution < 1.29 is 13.9 Å². The summed E-state index contributed by atoms with van der Waals surface area (Å²) in [6.45, 7) is 5.15. The van der Waals surface area contributed by atoms with Gasteiger partial charge in [0.05, 0.1) is 24.0 Å². The van der Waals surface area contributed by atoms with Gasteiger partial charge in [-0.25, -0.2) is 9.07 Å². The second-order valence-electron chi connectivity index (χ2n) is 6.78. The molecule has 2 unspecified atom stereocenters. The standard InChI is InChI=1S/C19H25FN4O2/c1-12(23-19(25)18(21)14-7-9-26-10-8-14)17-11-22-24(13(17)2)16-5-3-15(20)4-6-16/h3-6,11-12,14,18H,7-10,21H2,1-2H3,(H,23,25). The van der Waals surface area contributed by atoms with Crippen LogP contribution in [-0.2, 0) is 9.53 Å². The lowest BCUT2D eigenvalue weighted by Gasteiger charge is -2.27. The van der Waals surface area contributed by atoms with Crippen LogP contribution < -0.4 is 11.1 Å². The van der Waals surface area contributed by atoms with Crippen molar-refractivity contribution >= 4 is 5.91 Å². The van der Waals surface area contributed by atoms with Crippen LogP contribution in [0.3, 0.4) is 0 Å². The first-order chi connectivity index (χ1) is 12.5. The van der Waals surface area contributed by atoms with Gasteiger partial charge in [-0.2, -0.15) is 5.10 Å². The van der Waals surface area contributed by atoms with E-state index in [0.29, 0.717) is 13.2 Å². The fourth-order valence-corrected chi connectivity index (χ4v) is 3.37. The Morgan fingerprint density at radius 3 is 2.65 bits per heavy atom. The average molecular weight is 360 g/mol. The SMILES string of the molecule is Cc1c(C(C)NC(=O)C(N)C2CCOCC2)cnn1-c1ccc(F)cc1. The number of carbonyl (C=O) groups is 1. The van der Waals surface area contributed by atoms with E-state index >= 15 is 0 Å². The van der Waals surface area contributed by atoms with E-state index in [9.17, 15) is 9.18 Å². The normalized spacial score (nSPS) is 17.7. The Hall–Kier alpha value is -2.25. The fourth-order valence-electron chi connectivity index (χ4n) is 3.37.